The molecule has 1 fully saturated rings. The first-order chi connectivity index (χ1) is 11.7. The Morgan fingerprint density at radius 3 is 2.76 bits per heavy atom. The Kier molecular flexibility index (Phi) is 11.6. The van der Waals surface area contributed by atoms with Gasteiger partial charge in [-0.2, -0.15) is 0 Å². The summed E-state index contributed by atoms with van der Waals surface area (Å²) in [5.74, 6) is 0.987. The maximum Gasteiger partial charge on any atom is 0.193 e. The van der Waals surface area contributed by atoms with Gasteiger partial charge >= 0.3 is 0 Å². The molecule has 2 rings (SSSR count). The van der Waals surface area contributed by atoms with Gasteiger partial charge < -0.3 is 19.7 Å². The quantitative estimate of drug-likeness (QED) is 0.267. The molecule has 1 aliphatic heterocycles. The normalized spacial score (nSPS) is 16.0. The summed E-state index contributed by atoms with van der Waals surface area (Å²) < 4.78 is 11.0. The molecule has 6 nitrogen and oxygen atoms in total. The standard InChI is InChI=1S/C17H30N4O2S.HI/c1-14-13-20-16(24-14)5-8-19-17(18-2)21-9-6-15(7-10-21)23-12-4-11-22-3;/h13,15H,4-12H2,1-3H3,(H,18,19);1H. The van der Waals surface area contributed by atoms with Gasteiger partial charge in [-0.25, -0.2) is 4.98 Å². The first kappa shape index (κ1) is 22.6. The van der Waals surface area contributed by atoms with Gasteiger partial charge in [0.15, 0.2) is 5.96 Å². The molecule has 0 aromatic carbocycles. The number of aryl methyl sites for hydroxylation is 1. The Hall–Kier alpha value is -0.450. The van der Waals surface area contributed by atoms with Crippen molar-refractivity contribution in [3.63, 3.8) is 0 Å². The van der Waals surface area contributed by atoms with Crippen LogP contribution < -0.4 is 5.32 Å². The van der Waals surface area contributed by atoms with Gasteiger partial charge in [0.25, 0.3) is 0 Å². The molecular formula is C17H31IN4O2S. The number of halogens is 1. The molecule has 1 aliphatic rings. The second kappa shape index (κ2) is 12.8. The fourth-order valence-corrected chi connectivity index (χ4v) is 3.60. The van der Waals surface area contributed by atoms with Gasteiger partial charge in [0.2, 0.25) is 0 Å². The van der Waals surface area contributed by atoms with E-state index in [1.54, 1.807) is 18.4 Å². The van der Waals surface area contributed by atoms with Gasteiger partial charge in [0.05, 0.1) is 11.1 Å². The molecule has 1 saturated heterocycles. The van der Waals surface area contributed by atoms with Crippen molar-refractivity contribution in [2.75, 3.05) is 47.0 Å². The molecule has 2 heterocycles. The minimum atomic E-state index is 0. The summed E-state index contributed by atoms with van der Waals surface area (Å²) in [6, 6.07) is 0. The van der Waals surface area contributed by atoms with E-state index in [1.165, 1.54) is 9.88 Å². The van der Waals surface area contributed by atoms with Crippen LogP contribution in [-0.4, -0.2) is 69.0 Å². The summed E-state index contributed by atoms with van der Waals surface area (Å²) in [7, 11) is 3.58. The highest BCUT2D eigenvalue weighted by molar-refractivity contribution is 14.0. The number of nitrogens with one attached hydrogen (secondary N) is 1. The number of aromatic nitrogens is 1. The molecule has 0 amide bonds. The number of rotatable bonds is 8. The maximum absolute atomic E-state index is 5.91. The third kappa shape index (κ3) is 8.19. The lowest BCUT2D eigenvalue weighted by molar-refractivity contribution is 0.00992. The van der Waals surface area contributed by atoms with Crippen molar-refractivity contribution < 1.29 is 9.47 Å². The minimum Gasteiger partial charge on any atom is -0.385 e. The van der Waals surface area contributed by atoms with Crippen molar-refractivity contribution in [1.82, 2.24) is 15.2 Å². The van der Waals surface area contributed by atoms with Crippen LogP contribution in [0.3, 0.4) is 0 Å². The van der Waals surface area contributed by atoms with Crippen LogP contribution in [-0.2, 0) is 15.9 Å². The fourth-order valence-electron chi connectivity index (χ4n) is 2.82. The smallest absolute Gasteiger partial charge is 0.193 e. The largest absolute Gasteiger partial charge is 0.385 e. The summed E-state index contributed by atoms with van der Waals surface area (Å²) in [5.41, 5.74) is 0. The van der Waals surface area contributed by atoms with Gasteiger partial charge in [-0.05, 0) is 26.2 Å². The lowest BCUT2D eigenvalue weighted by Crippen LogP contribution is -2.47. The molecule has 0 saturated carbocycles. The molecule has 0 atom stereocenters. The Morgan fingerprint density at radius 2 is 2.16 bits per heavy atom. The number of methoxy groups -OCH3 is 1. The first-order valence-corrected chi connectivity index (χ1v) is 9.52. The Morgan fingerprint density at radius 1 is 1.40 bits per heavy atom. The first-order valence-electron chi connectivity index (χ1n) is 8.70. The average molecular weight is 482 g/mol. The maximum atomic E-state index is 5.91. The number of ether oxygens (including phenoxy) is 2. The van der Waals surface area contributed by atoms with Gasteiger partial charge in [-0.15, -0.1) is 35.3 Å². The number of nitrogens with zero attached hydrogens (tertiary/aromatic N) is 3. The van der Waals surface area contributed by atoms with Crippen LogP contribution in [0.2, 0.25) is 0 Å². The van der Waals surface area contributed by atoms with Crippen molar-refractivity contribution in [3.8, 4) is 0 Å². The third-order valence-electron chi connectivity index (χ3n) is 4.09. The molecule has 25 heavy (non-hydrogen) atoms. The van der Waals surface area contributed by atoms with Gasteiger partial charge in [-0.1, -0.05) is 0 Å². The monoisotopic (exact) mass is 482 g/mol. The number of guanidine groups is 1. The Labute approximate surface area is 172 Å². The molecular weight excluding hydrogens is 451 g/mol. The lowest BCUT2D eigenvalue weighted by atomic mass is 10.1. The summed E-state index contributed by atoms with van der Waals surface area (Å²) in [6.07, 6.45) is 6.33. The van der Waals surface area contributed by atoms with Crippen molar-refractivity contribution in [2.45, 2.75) is 38.7 Å². The number of likely N-dealkylation sites (tertiary alicyclic amines) is 1. The van der Waals surface area contributed by atoms with Crippen molar-refractivity contribution >= 4 is 41.3 Å². The zero-order valence-corrected chi connectivity index (χ0v) is 18.6. The molecule has 0 unspecified atom stereocenters. The number of hydrogen-bond donors (Lipinski definition) is 1. The SMILES string of the molecule is CN=C(NCCc1ncc(C)s1)N1CCC(OCCCOC)CC1.I. The van der Waals surface area contributed by atoms with Gasteiger partial charge in [0.1, 0.15) is 0 Å². The molecule has 0 bridgehead atoms. The highest BCUT2D eigenvalue weighted by Gasteiger charge is 2.21. The van der Waals surface area contributed by atoms with E-state index < -0.39 is 0 Å². The third-order valence-corrected chi connectivity index (χ3v) is 5.06. The molecule has 1 N–H and O–H groups in total. The number of piperidine rings is 1. The summed E-state index contributed by atoms with van der Waals surface area (Å²) in [5, 5.41) is 4.64. The number of hydrogen-bond acceptors (Lipinski definition) is 5. The molecule has 0 radical (unpaired) electrons. The zero-order chi connectivity index (χ0) is 17.2. The molecule has 8 heteroatoms. The van der Waals surface area contributed by atoms with E-state index >= 15 is 0 Å². The van der Waals surface area contributed by atoms with E-state index in [1.807, 2.05) is 13.2 Å². The van der Waals surface area contributed by atoms with E-state index in [9.17, 15) is 0 Å². The second-order valence-electron chi connectivity index (χ2n) is 5.99. The summed E-state index contributed by atoms with van der Waals surface area (Å²) >= 11 is 1.76. The van der Waals surface area contributed by atoms with Crippen LogP contribution in [0.25, 0.3) is 0 Å². The van der Waals surface area contributed by atoms with E-state index in [0.717, 1.165) is 64.5 Å². The van der Waals surface area contributed by atoms with Crippen LogP contribution in [0.1, 0.15) is 29.1 Å². The molecule has 1 aromatic rings. The molecule has 144 valence electrons. The second-order valence-corrected chi connectivity index (χ2v) is 7.31. The highest BCUT2D eigenvalue weighted by atomic mass is 127. The fraction of sp³-hybridized carbons (Fsp3) is 0.765. The number of thiazole rings is 1. The highest BCUT2D eigenvalue weighted by Crippen LogP contribution is 2.14. The average Bonchev–Trinajstić information content (AvgIpc) is 3.02. The van der Waals surface area contributed by atoms with Crippen molar-refractivity contribution in [3.05, 3.63) is 16.1 Å². The van der Waals surface area contributed by atoms with Crippen LogP contribution in [0.5, 0.6) is 0 Å². The zero-order valence-electron chi connectivity index (χ0n) is 15.5. The Bertz CT molecular complexity index is 505. The van der Waals surface area contributed by atoms with Gasteiger partial charge in [-0.3, -0.25) is 4.99 Å². The van der Waals surface area contributed by atoms with Crippen LogP contribution in [0.15, 0.2) is 11.2 Å². The van der Waals surface area contributed by atoms with Gasteiger partial charge in [0, 0.05) is 64.5 Å². The van der Waals surface area contributed by atoms with Crippen LogP contribution in [0, 0.1) is 6.92 Å². The minimum absolute atomic E-state index is 0. The van der Waals surface area contributed by atoms with Crippen molar-refractivity contribution in [1.29, 1.82) is 0 Å². The van der Waals surface area contributed by atoms with E-state index in [2.05, 4.69) is 27.1 Å². The van der Waals surface area contributed by atoms with E-state index in [0.29, 0.717) is 6.10 Å². The lowest BCUT2D eigenvalue weighted by Gasteiger charge is -2.34. The molecule has 0 aliphatic carbocycles. The van der Waals surface area contributed by atoms with E-state index in [-0.39, 0.29) is 24.0 Å². The summed E-state index contributed by atoms with van der Waals surface area (Å²) in [6.45, 7) is 6.50. The van der Waals surface area contributed by atoms with Crippen LogP contribution >= 0.6 is 35.3 Å². The van der Waals surface area contributed by atoms with Crippen molar-refractivity contribution in [2.24, 2.45) is 4.99 Å². The Balaban J connectivity index is 0.00000312. The molecule has 0 spiro atoms. The van der Waals surface area contributed by atoms with Crippen LogP contribution in [0.4, 0.5) is 0 Å². The topological polar surface area (TPSA) is 59.0 Å². The van der Waals surface area contributed by atoms with E-state index in [4.69, 9.17) is 9.47 Å². The number of aliphatic imine (C=N–C) groups is 1. The predicted octanol–water partition coefficient (Wildman–Crippen LogP) is 2.70. The molecule has 1 aromatic heterocycles. The predicted molar refractivity (Wildman–Crippen MR) is 114 cm³/mol. The summed E-state index contributed by atoms with van der Waals surface area (Å²) in [4.78, 5) is 12.4.